The number of para-hydroxylation sites is 3. The zero-order valence-electron chi connectivity index (χ0n) is 14.1. The van der Waals surface area contributed by atoms with Crippen molar-refractivity contribution in [1.82, 2.24) is 0 Å². The molecule has 0 fully saturated rings. The number of benzene rings is 2. The van der Waals surface area contributed by atoms with Crippen LogP contribution in [0.15, 0.2) is 53.6 Å². The molecule has 2 aromatic carbocycles. The minimum Gasteiger partial charge on any atom is -0.496 e. The molecule has 1 aliphatic heterocycles. The number of hydrogen-bond acceptors (Lipinski definition) is 5. The fraction of sp³-hybridized carbons (Fsp3) is 0.316. The summed E-state index contributed by atoms with van der Waals surface area (Å²) < 4.78 is 11.1. The predicted molar refractivity (Wildman–Crippen MR) is 96.9 cm³/mol. The van der Waals surface area contributed by atoms with Crippen molar-refractivity contribution in [2.75, 3.05) is 25.8 Å². The molecule has 0 saturated heterocycles. The van der Waals surface area contributed by atoms with Crippen LogP contribution in [0.25, 0.3) is 0 Å². The smallest absolute Gasteiger partial charge is 0.144 e. The molecule has 5 heteroatoms. The fourth-order valence-corrected chi connectivity index (χ4v) is 3.12. The summed E-state index contributed by atoms with van der Waals surface area (Å²) in [5.41, 5.74) is 8.90. The molecule has 0 saturated carbocycles. The molecule has 5 nitrogen and oxygen atoms in total. The number of rotatable bonds is 6. The van der Waals surface area contributed by atoms with Crippen LogP contribution < -0.4 is 20.2 Å². The first kappa shape index (κ1) is 16.3. The van der Waals surface area contributed by atoms with E-state index in [1.165, 1.54) is 0 Å². The van der Waals surface area contributed by atoms with Crippen LogP contribution in [0.2, 0.25) is 0 Å². The third kappa shape index (κ3) is 3.08. The fourth-order valence-electron chi connectivity index (χ4n) is 3.12. The molecule has 0 aromatic heterocycles. The standard InChI is InChI=1S/C19H23N3O2/c1-23-18-9-5-3-7-15(18)17-13-14(11-12-20)21-22(17)16-8-4-6-10-19(16)24-2/h3-10,17H,11-13,20H2,1-2H3. The van der Waals surface area contributed by atoms with Gasteiger partial charge in [-0.1, -0.05) is 30.3 Å². The molecular weight excluding hydrogens is 302 g/mol. The Labute approximate surface area is 142 Å². The molecule has 0 spiro atoms. The van der Waals surface area contributed by atoms with Crippen LogP contribution in [0.1, 0.15) is 24.4 Å². The Balaban J connectivity index is 2.04. The summed E-state index contributed by atoms with van der Waals surface area (Å²) in [6.45, 7) is 0.594. The lowest BCUT2D eigenvalue weighted by molar-refractivity contribution is 0.403. The van der Waals surface area contributed by atoms with Crippen molar-refractivity contribution in [2.24, 2.45) is 10.8 Å². The Morgan fingerprint density at radius 1 is 1.04 bits per heavy atom. The van der Waals surface area contributed by atoms with E-state index in [2.05, 4.69) is 6.07 Å². The van der Waals surface area contributed by atoms with E-state index in [4.69, 9.17) is 20.3 Å². The van der Waals surface area contributed by atoms with E-state index in [1.54, 1.807) is 14.2 Å². The maximum atomic E-state index is 5.74. The van der Waals surface area contributed by atoms with Gasteiger partial charge in [0.15, 0.2) is 0 Å². The largest absolute Gasteiger partial charge is 0.496 e. The summed E-state index contributed by atoms with van der Waals surface area (Å²) in [4.78, 5) is 0. The van der Waals surface area contributed by atoms with E-state index in [0.29, 0.717) is 6.54 Å². The van der Waals surface area contributed by atoms with Gasteiger partial charge in [-0.05, 0) is 31.2 Å². The average molecular weight is 325 g/mol. The van der Waals surface area contributed by atoms with Gasteiger partial charge < -0.3 is 15.2 Å². The molecular formula is C19H23N3O2. The van der Waals surface area contributed by atoms with E-state index < -0.39 is 0 Å². The molecule has 0 bridgehead atoms. The SMILES string of the molecule is COc1ccccc1C1CC(CCN)=NN1c1ccccc1OC. The zero-order chi connectivity index (χ0) is 16.9. The van der Waals surface area contributed by atoms with Crippen LogP contribution in [0.3, 0.4) is 0 Å². The third-order valence-electron chi connectivity index (χ3n) is 4.24. The van der Waals surface area contributed by atoms with Crippen LogP contribution in [0.4, 0.5) is 5.69 Å². The summed E-state index contributed by atoms with van der Waals surface area (Å²) in [5.74, 6) is 1.67. The quantitative estimate of drug-likeness (QED) is 0.885. The second-order valence-corrected chi connectivity index (χ2v) is 5.68. The van der Waals surface area contributed by atoms with Crippen molar-refractivity contribution in [1.29, 1.82) is 0 Å². The highest BCUT2D eigenvalue weighted by atomic mass is 16.5. The molecule has 0 amide bonds. The number of methoxy groups -OCH3 is 2. The van der Waals surface area contributed by atoms with E-state index in [9.17, 15) is 0 Å². The van der Waals surface area contributed by atoms with E-state index in [-0.39, 0.29) is 6.04 Å². The van der Waals surface area contributed by atoms with Gasteiger partial charge >= 0.3 is 0 Å². The number of anilines is 1. The first-order valence-electron chi connectivity index (χ1n) is 8.10. The first-order chi connectivity index (χ1) is 11.8. The molecule has 2 aromatic rings. The third-order valence-corrected chi connectivity index (χ3v) is 4.24. The summed E-state index contributed by atoms with van der Waals surface area (Å²) in [5, 5.41) is 6.85. The van der Waals surface area contributed by atoms with Crippen molar-refractivity contribution >= 4 is 11.4 Å². The summed E-state index contributed by atoms with van der Waals surface area (Å²) in [6, 6.07) is 16.1. The minimum absolute atomic E-state index is 0.0685. The van der Waals surface area contributed by atoms with Crippen LogP contribution in [-0.2, 0) is 0 Å². The minimum atomic E-state index is 0.0685. The molecule has 2 N–H and O–H groups in total. The Morgan fingerprint density at radius 2 is 1.71 bits per heavy atom. The molecule has 1 atom stereocenters. The van der Waals surface area contributed by atoms with Crippen LogP contribution >= 0.6 is 0 Å². The second-order valence-electron chi connectivity index (χ2n) is 5.68. The van der Waals surface area contributed by atoms with E-state index in [0.717, 1.165) is 41.3 Å². The van der Waals surface area contributed by atoms with E-state index >= 15 is 0 Å². The maximum absolute atomic E-state index is 5.74. The molecule has 0 radical (unpaired) electrons. The molecule has 0 aliphatic carbocycles. The number of hydrogen-bond donors (Lipinski definition) is 1. The highest BCUT2D eigenvalue weighted by Gasteiger charge is 2.32. The molecule has 1 heterocycles. The van der Waals surface area contributed by atoms with Gasteiger partial charge in [0, 0.05) is 17.7 Å². The molecule has 126 valence electrons. The molecule has 1 aliphatic rings. The van der Waals surface area contributed by atoms with Gasteiger partial charge in [-0.2, -0.15) is 5.10 Å². The van der Waals surface area contributed by atoms with E-state index in [1.807, 2.05) is 47.5 Å². The Bertz CT molecular complexity index is 730. The van der Waals surface area contributed by atoms with Crippen molar-refractivity contribution in [3.8, 4) is 11.5 Å². The lowest BCUT2D eigenvalue weighted by atomic mass is 9.99. The second kappa shape index (κ2) is 7.36. The van der Waals surface area contributed by atoms with Gasteiger partial charge in [0.25, 0.3) is 0 Å². The maximum Gasteiger partial charge on any atom is 0.144 e. The van der Waals surface area contributed by atoms with Gasteiger partial charge in [-0.15, -0.1) is 0 Å². The zero-order valence-corrected chi connectivity index (χ0v) is 14.1. The van der Waals surface area contributed by atoms with Crippen LogP contribution in [0, 0.1) is 0 Å². The van der Waals surface area contributed by atoms with Crippen molar-refractivity contribution in [3.63, 3.8) is 0 Å². The Morgan fingerprint density at radius 3 is 2.42 bits per heavy atom. The number of hydrazone groups is 1. The predicted octanol–water partition coefficient (Wildman–Crippen LogP) is 3.36. The van der Waals surface area contributed by atoms with Crippen molar-refractivity contribution in [2.45, 2.75) is 18.9 Å². The number of ether oxygens (including phenoxy) is 2. The molecule has 1 unspecified atom stereocenters. The van der Waals surface area contributed by atoms with Gasteiger partial charge in [0.1, 0.15) is 17.2 Å². The summed E-state index contributed by atoms with van der Waals surface area (Å²) >= 11 is 0. The summed E-state index contributed by atoms with van der Waals surface area (Å²) in [7, 11) is 3.38. The van der Waals surface area contributed by atoms with Gasteiger partial charge in [-0.3, -0.25) is 5.01 Å². The Hall–Kier alpha value is -2.53. The summed E-state index contributed by atoms with van der Waals surface area (Å²) in [6.07, 6.45) is 1.62. The van der Waals surface area contributed by atoms with Crippen LogP contribution in [-0.4, -0.2) is 26.5 Å². The highest BCUT2D eigenvalue weighted by molar-refractivity contribution is 5.89. The lowest BCUT2D eigenvalue weighted by Crippen LogP contribution is -2.19. The van der Waals surface area contributed by atoms with Crippen molar-refractivity contribution < 1.29 is 9.47 Å². The Kier molecular flexibility index (Phi) is 5.01. The highest BCUT2D eigenvalue weighted by Crippen LogP contribution is 2.42. The van der Waals surface area contributed by atoms with Gasteiger partial charge in [0.05, 0.1) is 20.3 Å². The molecule has 24 heavy (non-hydrogen) atoms. The topological polar surface area (TPSA) is 60.1 Å². The van der Waals surface area contributed by atoms with Gasteiger partial charge in [-0.25, -0.2) is 0 Å². The normalized spacial score (nSPS) is 16.9. The first-order valence-corrected chi connectivity index (χ1v) is 8.10. The average Bonchev–Trinajstić information content (AvgIpc) is 3.05. The lowest BCUT2D eigenvalue weighted by Gasteiger charge is -2.26. The number of nitrogens with two attached hydrogens (primary N) is 1. The van der Waals surface area contributed by atoms with Gasteiger partial charge in [0.2, 0.25) is 0 Å². The van der Waals surface area contributed by atoms with Crippen molar-refractivity contribution in [3.05, 3.63) is 54.1 Å². The monoisotopic (exact) mass is 325 g/mol. The molecule has 3 rings (SSSR count). The van der Waals surface area contributed by atoms with Crippen LogP contribution in [0.5, 0.6) is 11.5 Å². The number of nitrogens with zero attached hydrogens (tertiary/aromatic N) is 2.